The van der Waals surface area contributed by atoms with Crippen molar-refractivity contribution < 1.29 is 4.52 Å². The van der Waals surface area contributed by atoms with Gasteiger partial charge in [0, 0.05) is 18.2 Å². The van der Waals surface area contributed by atoms with Gasteiger partial charge in [-0.3, -0.25) is 4.79 Å². The van der Waals surface area contributed by atoms with Gasteiger partial charge >= 0.3 is 0 Å². The summed E-state index contributed by atoms with van der Waals surface area (Å²) in [5.41, 5.74) is 0.681. The Morgan fingerprint density at radius 3 is 2.94 bits per heavy atom. The van der Waals surface area contributed by atoms with Crippen molar-refractivity contribution in [2.24, 2.45) is 5.92 Å². The highest BCUT2D eigenvalue weighted by atomic mass is 16.5. The summed E-state index contributed by atoms with van der Waals surface area (Å²) in [4.78, 5) is 16.1. The fourth-order valence-corrected chi connectivity index (χ4v) is 1.73. The van der Waals surface area contributed by atoms with Gasteiger partial charge in [0.05, 0.1) is 0 Å². The summed E-state index contributed by atoms with van der Waals surface area (Å²) in [7, 11) is 0. The number of rotatable bonds is 4. The monoisotopic (exact) mass is 247 g/mol. The Labute approximate surface area is 105 Å². The topological polar surface area (TPSA) is 60.9 Å². The van der Waals surface area contributed by atoms with Crippen LogP contribution in [0, 0.1) is 12.8 Å². The van der Waals surface area contributed by atoms with Gasteiger partial charge in [-0.1, -0.05) is 25.1 Å². The predicted octanol–water partition coefficient (Wildman–Crippen LogP) is 1.79. The molecule has 2 aromatic heterocycles. The quantitative estimate of drug-likeness (QED) is 0.826. The third-order valence-corrected chi connectivity index (χ3v) is 2.62. The second-order valence-electron chi connectivity index (χ2n) is 4.83. The number of hydrogen-bond acceptors (Lipinski definition) is 4. The Morgan fingerprint density at radius 1 is 1.44 bits per heavy atom. The van der Waals surface area contributed by atoms with Crippen LogP contribution in [0.5, 0.6) is 0 Å². The summed E-state index contributed by atoms with van der Waals surface area (Å²) >= 11 is 0. The Balaban J connectivity index is 2.16. The van der Waals surface area contributed by atoms with E-state index in [9.17, 15) is 4.79 Å². The number of hydrogen-bond donors (Lipinski definition) is 0. The lowest BCUT2D eigenvalue weighted by atomic mass is 10.1. The molecule has 0 bridgehead atoms. The van der Waals surface area contributed by atoms with Crippen LogP contribution in [0.2, 0.25) is 0 Å². The first kappa shape index (κ1) is 12.5. The molecular weight excluding hydrogens is 230 g/mol. The van der Waals surface area contributed by atoms with E-state index in [-0.39, 0.29) is 5.56 Å². The predicted molar refractivity (Wildman–Crippen MR) is 67.4 cm³/mol. The Hall–Kier alpha value is -1.91. The average Bonchev–Trinajstić information content (AvgIpc) is 2.71. The molecule has 0 saturated carbocycles. The molecule has 2 heterocycles. The molecule has 5 nitrogen and oxygen atoms in total. The molecule has 2 rings (SSSR count). The van der Waals surface area contributed by atoms with Gasteiger partial charge in [0.2, 0.25) is 5.89 Å². The molecule has 0 spiro atoms. The van der Waals surface area contributed by atoms with Crippen molar-refractivity contribution in [2.75, 3.05) is 0 Å². The van der Waals surface area contributed by atoms with Crippen LogP contribution >= 0.6 is 0 Å². The fourth-order valence-electron chi connectivity index (χ4n) is 1.73. The molecule has 0 atom stereocenters. The molecule has 0 saturated heterocycles. The molecule has 0 aromatic carbocycles. The lowest BCUT2D eigenvalue weighted by Crippen LogP contribution is -2.21. The van der Waals surface area contributed by atoms with Crippen molar-refractivity contribution in [1.29, 1.82) is 0 Å². The van der Waals surface area contributed by atoms with E-state index in [1.165, 1.54) is 0 Å². The van der Waals surface area contributed by atoms with Gasteiger partial charge in [-0.2, -0.15) is 4.98 Å². The average molecular weight is 247 g/mol. The molecule has 2 aromatic rings. The van der Waals surface area contributed by atoms with E-state index in [1.807, 2.05) is 6.07 Å². The summed E-state index contributed by atoms with van der Waals surface area (Å²) in [6, 6.07) is 3.62. The normalized spacial score (nSPS) is 11.1. The standard InChI is InChI=1S/C13H17N3O2/c1-9(2)7-11-14-12(18-15-11)8-16-6-4-5-10(3)13(16)17/h4-6,9H,7-8H2,1-3H3. The number of nitrogens with zero attached hydrogens (tertiary/aromatic N) is 3. The lowest BCUT2D eigenvalue weighted by Gasteiger charge is -2.02. The third-order valence-electron chi connectivity index (χ3n) is 2.62. The minimum Gasteiger partial charge on any atom is -0.337 e. The van der Waals surface area contributed by atoms with Crippen molar-refractivity contribution in [1.82, 2.24) is 14.7 Å². The highest BCUT2D eigenvalue weighted by Gasteiger charge is 2.09. The first-order valence-corrected chi connectivity index (χ1v) is 6.04. The lowest BCUT2D eigenvalue weighted by molar-refractivity contribution is 0.363. The van der Waals surface area contributed by atoms with Crippen LogP contribution < -0.4 is 5.56 Å². The van der Waals surface area contributed by atoms with Crippen LogP contribution in [0.1, 0.15) is 31.1 Å². The van der Waals surface area contributed by atoms with E-state index >= 15 is 0 Å². The van der Waals surface area contributed by atoms with Gasteiger partial charge in [-0.05, 0) is 18.9 Å². The van der Waals surface area contributed by atoms with Crippen LogP contribution in [-0.4, -0.2) is 14.7 Å². The molecule has 0 aliphatic heterocycles. The van der Waals surface area contributed by atoms with Crippen LogP contribution in [0.25, 0.3) is 0 Å². The molecule has 96 valence electrons. The molecule has 0 aliphatic rings. The molecule has 0 radical (unpaired) electrons. The first-order valence-electron chi connectivity index (χ1n) is 6.04. The summed E-state index contributed by atoms with van der Waals surface area (Å²) in [5, 5.41) is 3.90. The van der Waals surface area contributed by atoms with Crippen molar-refractivity contribution in [3.05, 3.63) is 46.0 Å². The summed E-state index contributed by atoms with van der Waals surface area (Å²) in [6.07, 6.45) is 2.51. The molecule has 5 heteroatoms. The van der Waals surface area contributed by atoms with E-state index in [0.29, 0.717) is 29.7 Å². The maximum Gasteiger partial charge on any atom is 0.253 e. The fraction of sp³-hybridized carbons (Fsp3) is 0.462. The van der Waals surface area contributed by atoms with E-state index in [1.54, 1.807) is 23.8 Å². The minimum absolute atomic E-state index is 0.0268. The number of aryl methyl sites for hydroxylation is 1. The zero-order valence-corrected chi connectivity index (χ0v) is 10.9. The van der Waals surface area contributed by atoms with E-state index < -0.39 is 0 Å². The molecule has 0 unspecified atom stereocenters. The smallest absolute Gasteiger partial charge is 0.253 e. The molecule has 0 fully saturated rings. The Kier molecular flexibility index (Phi) is 3.60. The van der Waals surface area contributed by atoms with E-state index in [2.05, 4.69) is 24.0 Å². The maximum atomic E-state index is 11.8. The van der Waals surface area contributed by atoms with Crippen molar-refractivity contribution in [2.45, 2.75) is 33.7 Å². The van der Waals surface area contributed by atoms with Crippen LogP contribution in [-0.2, 0) is 13.0 Å². The highest BCUT2D eigenvalue weighted by molar-refractivity contribution is 5.08. The summed E-state index contributed by atoms with van der Waals surface area (Å²) in [5.74, 6) is 1.65. The van der Waals surface area contributed by atoms with Crippen LogP contribution in [0.3, 0.4) is 0 Å². The zero-order valence-electron chi connectivity index (χ0n) is 10.9. The second kappa shape index (κ2) is 5.16. The van der Waals surface area contributed by atoms with E-state index in [0.717, 1.165) is 6.42 Å². The molecule has 0 N–H and O–H groups in total. The number of aromatic nitrogens is 3. The van der Waals surface area contributed by atoms with Gasteiger partial charge in [-0.15, -0.1) is 0 Å². The van der Waals surface area contributed by atoms with Crippen LogP contribution in [0.15, 0.2) is 27.6 Å². The Bertz CT molecular complexity index is 584. The SMILES string of the molecule is Cc1cccn(Cc2nc(CC(C)C)no2)c1=O. The van der Waals surface area contributed by atoms with Gasteiger partial charge in [0.15, 0.2) is 5.82 Å². The molecule has 0 amide bonds. The second-order valence-corrected chi connectivity index (χ2v) is 4.83. The van der Waals surface area contributed by atoms with Gasteiger partial charge < -0.3 is 9.09 Å². The number of pyridine rings is 1. The highest BCUT2D eigenvalue weighted by Crippen LogP contribution is 2.05. The van der Waals surface area contributed by atoms with Crippen molar-refractivity contribution >= 4 is 0 Å². The third kappa shape index (κ3) is 2.85. The first-order chi connectivity index (χ1) is 8.56. The van der Waals surface area contributed by atoms with E-state index in [4.69, 9.17) is 4.52 Å². The maximum absolute atomic E-state index is 11.8. The minimum atomic E-state index is -0.0268. The Morgan fingerprint density at radius 2 is 2.22 bits per heavy atom. The molecule has 18 heavy (non-hydrogen) atoms. The van der Waals surface area contributed by atoms with Crippen molar-refractivity contribution in [3.63, 3.8) is 0 Å². The van der Waals surface area contributed by atoms with Crippen molar-refractivity contribution in [3.8, 4) is 0 Å². The van der Waals surface area contributed by atoms with Gasteiger partial charge in [-0.25, -0.2) is 0 Å². The molecule has 0 aliphatic carbocycles. The molecular formula is C13H17N3O2. The summed E-state index contributed by atoms with van der Waals surface area (Å²) < 4.78 is 6.71. The van der Waals surface area contributed by atoms with Gasteiger partial charge in [0.1, 0.15) is 6.54 Å². The largest absolute Gasteiger partial charge is 0.337 e. The van der Waals surface area contributed by atoms with Gasteiger partial charge in [0.25, 0.3) is 5.56 Å². The summed E-state index contributed by atoms with van der Waals surface area (Å²) in [6.45, 7) is 6.31. The zero-order chi connectivity index (χ0) is 13.1. The van der Waals surface area contributed by atoms with Crippen LogP contribution in [0.4, 0.5) is 0 Å².